The largest absolute Gasteiger partial charge is 0.452 e. The number of thioether (sulfide) groups is 1. The summed E-state index contributed by atoms with van der Waals surface area (Å²) in [6.45, 7) is 1.37. The molecule has 0 heterocycles. The van der Waals surface area contributed by atoms with Crippen LogP contribution in [0.15, 0.2) is 23.1 Å². The number of amides is 3. The van der Waals surface area contributed by atoms with Crippen LogP contribution in [0.2, 0.25) is 10.0 Å². The van der Waals surface area contributed by atoms with Gasteiger partial charge in [-0.25, -0.2) is 4.79 Å². The van der Waals surface area contributed by atoms with E-state index in [1.807, 2.05) is 5.32 Å². The van der Waals surface area contributed by atoms with Crippen LogP contribution in [0.5, 0.6) is 0 Å². The predicted octanol–water partition coefficient (Wildman–Crippen LogP) is 2.47. The Morgan fingerprint density at radius 3 is 2.64 bits per heavy atom. The van der Waals surface area contributed by atoms with Gasteiger partial charge in [-0.15, -0.1) is 11.8 Å². The predicted molar refractivity (Wildman–Crippen MR) is 85.3 cm³/mol. The highest BCUT2D eigenvalue weighted by molar-refractivity contribution is 8.00. The quantitative estimate of drug-likeness (QED) is 0.619. The Balaban J connectivity index is 2.47. The summed E-state index contributed by atoms with van der Waals surface area (Å²) in [4.78, 5) is 34.8. The van der Waals surface area contributed by atoms with Crippen molar-refractivity contribution in [2.75, 3.05) is 12.8 Å². The lowest BCUT2D eigenvalue weighted by Crippen LogP contribution is -2.43. The number of hydrogen-bond donors (Lipinski definition) is 2. The van der Waals surface area contributed by atoms with Crippen molar-refractivity contribution in [2.24, 2.45) is 0 Å². The molecule has 0 aliphatic rings. The molecule has 1 atom stereocenters. The third-order valence-electron chi connectivity index (χ3n) is 2.38. The van der Waals surface area contributed by atoms with Crippen LogP contribution in [0.4, 0.5) is 4.79 Å². The van der Waals surface area contributed by atoms with Crippen LogP contribution in [0, 0.1) is 0 Å². The molecule has 0 saturated heterocycles. The summed E-state index contributed by atoms with van der Waals surface area (Å²) in [7, 11) is 1.37. The molecule has 9 heteroatoms. The normalized spacial score (nSPS) is 11.5. The van der Waals surface area contributed by atoms with E-state index in [-0.39, 0.29) is 5.75 Å². The van der Waals surface area contributed by atoms with Gasteiger partial charge in [0.05, 0.1) is 10.8 Å². The number of imide groups is 1. The first-order chi connectivity index (χ1) is 10.3. The van der Waals surface area contributed by atoms with Gasteiger partial charge in [0.15, 0.2) is 6.10 Å². The third kappa shape index (κ3) is 6.13. The standard InChI is InChI=1S/C13H14Cl2N2O4S/c1-7(12(19)17-13(20)16-2)21-11(18)6-22-10-5-8(14)3-4-9(10)15/h3-5,7H,6H2,1-2H3,(H2,16,17,19,20)/t7-/m0/s1. The van der Waals surface area contributed by atoms with Gasteiger partial charge in [0.2, 0.25) is 0 Å². The molecule has 22 heavy (non-hydrogen) atoms. The van der Waals surface area contributed by atoms with Gasteiger partial charge in [0, 0.05) is 17.0 Å². The van der Waals surface area contributed by atoms with Gasteiger partial charge in [0.1, 0.15) is 0 Å². The van der Waals surface area contributed by atoms with Crippen molar-refractivity contribution in [1.29, 1.82) is 0 Å². The molecular formula is C13H14Cl2N2O4S. The molecule has 0 aliphatic carbocycles. The number of rotatable bonds is 5. The maximum atomic E-state index is 11.7. The number of benzene rings is 1. The topological polar surface area (TPSA) is 84.5 Å². The van der Waals surface area contributed by atoms with Crippen LogP contribution in [0.25, 0.3) is 0 Å². The van der Waals surface area contributed by atoms with E-state index >= 15 is 0 Å². The van der Waals surface area contributed by atoms with Crippen molar-refractivity contribution in [3.05, 3.63) is 28.2 Å². The Bertz CT molecular complexity index is 583. The van der Waals surface area contributed by atoms with Gasteiger partial charge in [-0.1, -0.05) is 23.2 Å². The SMILES string of the molecule is CNC(=O)NC(=O)[C@H](C)OC(=O)CSc1cc(Cl)ccc1Cl. The van der Waals surface area contributed by atoms with Gasteiger partial charge in [-0.3, -0.25) is 14.9 Å². The molecule has 0 spiro atoms. The van der Waals surface area contributed by atoms with Crippen LogP contribution in [-0.4, -0.2) is 36.8 Å². The zero-order valence-electron chi connectivity index (χ0n) is 11.8. The molecule has 0 saturated carbocycles. The van der Waals surface area contributed by atoms with Crippen LogP contribution < -0.4 is 10.6 Å². The maximum Gasteiger partial charge on any atom is 0.321 e. The Labute approximate surface area is 141 Å². The molecule has 0 fully saturated rings. The van der Waals surface area contributed by atoms with Gasteiger partial charge in [0.25, 0.3) is 5.91 Å². The van der Waals surface area contributed by atoms with E-state index in [4.69, 9.17) is 27.9 Å². The summed E-state index contributed by atoms with van der Waals surface area (Å²) in [5.74, 6) is -1.36. The molecular weight excluding hydrogens is 351 g/mol. The summed E-state index contributed by atoms with van der Waals surface area (Å²) in [5, 5.41) is 5.20. The Morgan fingerprint density at radius 2 is 2.00 bits per heavy atom. The Hall–Kier alpha value is -1.44. The summed E-state index contributed by atoms with van der Waals surface area (Å²) in [6, 6.07) is 4.21. The molecule has 0 radical (unpaired) electrons. The van der Waals surface area contributed by atoms with Crippen LogP contribution in [-0.2, 0) is 14.3 Å². The second-order valence-corrected chi connectivity index (χ2v) is 5.92. The number of urea groups is 1. The maximum absolute atomic E-state index is 11.7. The number of hydrogen-bond acceptors (Lipinski definition) is 5. The lowest BCUT2D eigenvalue weighted by Gasteiger charge is -2.12. The van der Waals surface area contributed by atoms with E-state index in [2.05, 4.69) is 5.32 Å². The molecule has 120 valence electrons. The van der Waals surface area contributed by atoms with Crippen molar-refractivity contribution in [2.45, 2.75) is 17.9 Å². The molecule has 0 bridgehead atoms. The highest BCUT2D eigenvalue weighted by Gasteiger charge is 2.19. The average Bonchev–Trinajstić information content (AvgIpc) is 2.47. The zero-order chi connectivity index (χ0) is 16.7. The number of esters is 1. The molecule has 1 rings (SSSR count). The van der Waals surface area contributed by atoms with Gasteiger partial charge >= 0.3 is 12.0 Å². The number of nitrogens with one attached hydrogen (secondary N) is 2. The molecule has 0 unspecified atom stereocenters. The summed E-state index contributed by atoms with van der Waals surface area (Å²) in [5.41, 5.74) is 0. The molecule has 6 nitrogen and oxygen atoms in total. The number of carbonyl (C=O) groups is 3. The van der Waals surface area contributed by atoms with E-state index < -0.39 is 24.0 Å². The average molecular weight is 365 g/mol. The summed E-state index contributed by atoms with van der Waals surface area (Å²) >= 11 is 12.9. The molecule has 2 N–H and O–H groups in total. The fourth-order valence-electron chi connectivity index (χ4n) is 1.29. The van der Waals surface area contributed by atoms with E-state index in [1.165, 1.54) is 14.0 Å². The van der Waals surface area contributed by atoms with Crippen LogP contribution in [0.3, 0.4) is 0 Å². The third-order valence-corrected chi connectivity index (χ3v) is 4.09. The highest BCUT2D eigenvalue weighted by Crippen LogP contribution is 2.29. The molecule has 3 amide bonds. The van der Waals surface area contributed by atoms with Gasteiger partial charge in [-0.2, -0.15) is 0 Å². The smallest absolute Gasteiger partial charge is 0.321 e. The second-order valence-electron chi connectivity index (χ2n) is 4.06. The molecule has 0 aromatic heterocycles. The fraction of sp³-hybridized carbons (Fsp3) is 0.308. The Kier molecular flexibility index (Phi) is 7.50. The molecule has 0 aliphatic heterocycles. The molecule has 1 aromatic rings. The first-order valence-corrected chi connectivity index (χ1v) is 7.87. The second kappa shape index (κ2) is 8.87. The lowest BCUT2D eigenvalue weighted by atomic mass is 10.4. The van der Waals surface area contributed by atoms with E-state index in [1.54, 1.807) is 18.2 Å². The molecule has 1 aromatic carbocycles. The van der Waals surface area contributed by atoms with Crippen LogP contribution >= 0.6 is 35.0 Å². The lowest BCUT2D eigenvalue weighted by molar-refractivity contribution is -0.151. The number of ether oxygens (including phenoxy) is 1. The van der Waals surface area contributed by atoms with Crippen molar-refractivity contribution in [3.8, 4) is 0 Å². The van der Waals surface area contributed by atoms with Crippen molar-refractivity contribution in [1.82, 2.24) is 10.6 Å². The minimum Gasteiger partial charge on any atom is -0.452 e. The van der Waals surface area contributed by atoms with E-state index in [0.717, 1.165) is 11.8 Å². The van der Waals surface area contributed by atoms with E-state index in [9.17, 15) is 14.4 Å². The van der Waals surface area contributed by atoms with Gasteiger partial charge in [-0.05, 0) is 25.1 Å². The first kappa shape index (κ1) is 18.6. The first-order valence-electron chi connectivity index (χ1n) is 6.13. The monoisotopic (exact) mass is 364 g/mol. The Morgan fingerprint density at radius 1 is 1.32 bits per heavy atom. The number of halogens is 2. The minimum absolute atomic E-state index is 0.0440. The number of carbonyl (C=O) groups excluding carboxylic acids is 3. The van der Waals surface area contributed by atoms with E-state index in [0.29, 0.717) is 14.9 Å². The highest BCUT2D eigenvalue weighted by atomic mass is 35.5. The van der Waals surface area contributed by atoms with Crippen molar-refractivity contribution < 1.29 is 19.1 Å². The summed E-state index contributed by atoms with van der Waals surface area (Å²) in [6.07, 6.45) is -1.08. The minimum atomic E-state index is -1.08. The van der Waals surface area contributed by atoms with Gasteiger partial charge < -0.3 is 10.1 Å². The van der Waals surface area contributed by atoms with Crippen molar-refractivity contribution >= 4 is 52.9 Å². The summed E-state index contributed by atoms with van der Waals surface area (Å²) < 4.78 is 4.92. The zero-order valence-corrected chi connectivity index (χ0v) is 14.1. The van der Waals surface area contributed by atoms with Crippen molar-refractivity contribution in [3.63, 3.8) is 0 Å². The van der Waals surface area contributed by atoms with Crippen LogP contribution in [0.1, 0.15) is 6.92 Å². The fourth-order valence-corrected chi connectivity index (χ4v) is 2.56.